The third-order valence-electron chi connectivity index (χ3n) is 10.8. The van der Waals surface area contributed by atoms with Gasteiger partial charge in [0.25, 0.3) is 5.69 Å². The topological polar surface area (TPSA) is 212 Å². The first-order valence-electron chi connectivity index (χ1n) is 20.0. The van der Waals surface area contributed by atoms with Crippen LogP contribution in [0.15, 0.2) is 72.7 Å². The molecule has 2 aromatic carbocycles. The van der Waals surface area contributed by atoms with E-state index in [2.05, 4.69) is 18.5 Å². The summed E-state index contributed by atoms with van der Waals surface area (Å²) < 4.78 is 60.2. The molecule has 0 spiro atoms. The Balaban J connectivity index is 1.46. The number of hydrogen-bond donors (Lipinski definition) is 1. The van der Waals surface area contributed by atoms with Crippen molar-refractivity contribution in [2.75, 3.05) is 26.2 Å². The van der Waals surface area contributed by atoms with Crippen LogP contribution in [-0.2, 0) is 56.5 Å². The molecule has 1 N–H and O–H groups in total. The molecule has 3 aliphatic rings. The van der Waals surface area contributed by atoms with Gasteiger partial charge in [0.1, 0.15) is 29.1 Å². The molecule has 3 amide bonds. The highest BCUT2D eigenvalue weighted by atomic mass is 32.2. The average Bonchev–Trinajstić information content (AvgIpc) is 3.48. The zero-order valence-corrected chi connectivity index (χ0v) is 35.5. The molecule has 1 aliphatic carbocycles. The van der Waals surface area contributed by atoms with Gasteiger partial charge in [0, 0.05) is 49.5 Å². The van der Waals surface area contributed by atoms with Gasteiger partial charge < -0.3 is 24.4 Å². The number of hydrogen-bond acceptors (Lipinski definition) is 12. The Hall–Kier alpha value is -5.69. The predicted molar refractivity (Wildman–Crippen MR) is 217 cm³/mol. The maximum absolute atomic E-state index is 14.8. The van der Waals surface area contributed by atoms with Gasteiger partial charge in [-0.3, -0.25) is 29.4 Å². The maximum Gasteiger partial charge on any atom is 0.410 e. The largest absolute Gasteiger partial charge is 0.464 e. The molecule has 0 aromatic heterocycles. The highest BCUT2D eigenvalue weighted by molar-refractivity contribution is 7.89. The first-order chi connectivity index (χ1) is 28.8. The van der Waals surface area contributed by atoms with Crippen molar-refractivity contribution in [2.24, 2.45) is 11.8 Å². The highest BCUT2D eigenvalue weighted by Crippen LogP contribution is 2.46. The smallest absolute Gasteiger partial charge is 0.410 e. The Bertz CT molecular complexity index is 2180. The second-order valence-electron chi connectivity index (χ2n) is 16.2. The number of carbonyl (C=O) groups excluding carboxylic acids is 5. The van der Waals surface area contributed by atoms with Crippen molar-refractivity contribution in [1.82, 2.24) is 19.4 Å². The molecule has 2 fully saturated rings. The highest BCUT2D eigenvalue weighted by Gasteiger charge is 2.62. The lowest BCUT2D eigenvalue weighted by atomic mass is 9.98. The van der Waals surface area contributed by atoms with Crippen LogP contribution in [0.25, 0.3) is 0 Å². The van der Waals surface area contributed by atoms with Gasteiger partial charge in [-0.15, -0.1) is 13.2 Å². The van der Waals surface area contributed by atoms with E-state index in [0.29, 0.717) is 11.1 Å². The number of nitro benzene ring substituents is 1. The summed E-state index contributed by atoms with van der Waals surface area (Å²) in [5, 5.41) is 14.6. The normalized spacial score (nSPS) is 21.2. The Morgan fingerprint density at radius 3 is 2.44 bits per heavy atom. The summed E-state index contributed by atoms with van der Waals surface area (Å²) in [4.78, 5) is 82.0. The number of amides is 3. The van der Waals surface area contributed by atoms with E-state index in [0.717, 1.165) is 21.3 Å². The number of nitrogens with one attached hydrogen (secondary N) is 1. The summed E-state index contributed by atoms with van der Waals surface area (Å²) >= 11 is 0. The second kappa shape index (κ2) is 18.9. The van der Waals surface area contributed by atoms with Crippen molar-refractivity contribution in [3.8, 4) is 0 Å². The number of fused-ring (bicyclic) bond motifs is 1. The molecule has 17 nitrogen and oxygen atoms in total. The third-order valence-corrected chi connectivity index (χ3v) is 12.7. The Labute approximate surface area is 354 Å². The first-order valence-corrected chi connectivity index (χ1v) is 21.4. The van der Waals surface area contributed by atoms with Crippen molar-refractivity contribution in [2.45, 2.75) is 101 Å². The van der Waals surface area contributed by atoms with Gasteiger partial charge in [-0.25, -0.2) is 22.4 Å². The van der Waals surface area contributed by atoms with Crippen LogP contribution < -0.4 is 5.32 Å². The van der Waals surface area contributed by atoms with E-state index in [9.17, 15) is 46.9 Å². The lowest BCUT2D eigenvalue weighted by Crippen LogP contribution is -2.54. The molecule has 2 aliphatic heterocycles. The van der Waals surface area contributed by atoms with Crippen LogP contribution >= 0.6 is 0 Å². The molecule has 0 unspecified atom stereocenters. The number of rotatable bonds is 18. The molecular formula is C42H52FN5O12S. The predicted octanol–water partition coefficient (Wildman–Crippen LogP) is 4.78. The quantitative estimate of drug-likeness (QED) is 0.0705. The van der Waals surface area contributed by atoms with Crippen LogP contribution in [0.2, 0.25) is 0 Å². The van der Waals surface area contributed by atoms with Crippen molar-refractivity contribution in [3.05, 3.63) is 94.8 Å². The number of halogens is 1. The molecular weight excluding hydrogens is 818 g/mol. The summed E-state index contributed by atoms with van der Waals surface area (Å²) in [6, 6.07) is 7.96. The molecule has 1 saturated carbocycles. The lowest BCUT2D eigenvalue weighted by Gasteiger charge is -2.30. The minimum Gasteiger partial charge on any atom is -0.464 e. The molecule has 5 atom stereocenters. The number of esters is 2. The first kappa shape index (κ1) is 46.4. The number of benzene rings is 2. The van der Waals surface area contributed by atoms with E-state index < -0.39 is 109 Å². The summed E-state index contributed by atoms with van der Waals surface area (Å²) in [6.45, 7) is 13.0. The molecule has 61 heavy (non-hydrogen) atoms. The van der Waals surface area contributed by atoms with Crippen LogP contribution in [0.4, 0.5) is 14.9 Å². The third kappa shape index (κ3) is 10.6. The summed E-state index contributed by atoms with van der Waals surface area (Å²) in [6.07, 6.45) is 0.264. The van der Waals surface area contributed by atoms with E-state index in [1.54, 1.807) is 33.8 Å². The molecule has 2 heterocycles. The van der Waals surface area contributed by atoms with E-state index in [4.69, 9.17) is 14.2 Å². The maximum atomic E-state index is 14.8. The van der Waals surface area contributed by atoms with Crippen LogP contribution in [0, 0.1) is 27.8 Å². The van der Waals surface area contributed by atoms with E-state index >= 15 is 0 Å². The number of ether oxygens (including phenoxy) is 3. The van der Waals surface area contributed by atoms with Gasteiger partial charge >= 0.3 is 18.0 Å². The fourth-order valence-electron chi connectivity index (χ4n) is 7.65. The minimum absolute atomic E-state index is 0.0279. The number of nitrogens with zero attached hydrogens (tertiary/aromatic N) is 4. The fourth-order valence-corrected chi connectivity index (χ4v) is 9.28. The lowest BCUT2D eigenvalue weighted by molar-refractivity contribution is -0.387. The SMILES string of the molecule is C=CCCN(CC[C@H](CC(=O)OC(C)(C)C)C(=O)N1C[C@H](OC(=O)N2Cc3cccc(F)c3C2)C[C@H]1C(=O)N[C@]1(C(=O)OCC)C[C@H]1C=C)S(=O)(=O)c1ccccc1[N+](=O)[O-]. The molecule has 1 saturated heterocycles. The minimum atomic E-state index is -4.56. The molecule has 2 aromatic rings. The number of nitro groups is 1. The van der Waals surface area contributed by atoms with Crippen molar-refractivity contribution >= 4 is 45.6 Å². The van der Waals surface area contributed by atoms with Crippen LogP contribution in [0.3, 0.4) is 0 Å². The van der Waals surface area contributed by atoms with Gasteiger partial charge in [-0.05, 0) is 64.7 Å². The molecule has 5 rings (SSSR count). The van der Waals surface area contributed by atoms with Crippen molar-refractivity contribution < 1.29 is 55.9 Å². The average molecular weight is 870 g/mol. The molecule has 0 radical (unpaired) electrons. The molecule has 19 heteroatoms. The number of sulfonamides is 1. The Kier molecular flexibility index (Phi) is 14.4. The monoisotopic (exact) mass is 869 g/mol. The number of likely N-dealkylation sites (tertiary alicyclic amines) is 1. The van der Waals surface area contributed by atoms with Crippen LogP contribution in [0.1, 0.15) is 70.9 Å². The standard InChI is InChI=1S/C42H52FN5O12S/c1-7-10-19-46(61(56,57)35-17-12-11-16-33(35)48(54)55)20-18-27(21-36(49)60-41(4,5)6)38(51)47-25-30(59-40(53)45-24-28-14-13-15-32(43)31(28)26-45)22-34(47)37(50)44-42(23-29(42)8-2)39(52)58-9-3/h7-8,11-17,27,29-30,34H,1-2,9-10,18-26H2,3-6H3,(H,44,50)/t27-,29-,30-,34+,42-/m1/s1. The summed E-state index contributed by atoms with van der Waals surface area (Å²) in [5.74, 6) is -5.35. The van der Waals surface area contributed by atoms with Gasteiger partial charge in [-0.2, -0.15) is 4.31 Å². The van der Waals surface area contributed by atoms with Crippen molar-refractivity contribution in [3.63, 3.8) is 0 Å². The van der Waals surface area contributed by atoms with Gasteiger partial charge in [0.05, 0.1) is 31.0 Å². The Morgan fingerprint density at radius 1 is 1.10 bits per heavy atom. The van der Waals surface area contributed by atoms with Gasteiger partial charge in [0.15, 0.2) is 4.90 Å². The van der Waals surface area contributed by atoms with Crippen LogP contribution in [-0.4, -0.2) is 107 Å². The van der Waals surface area contributed by atoms with Gasteiger partial charge in [-0.1, -0.05) is 36.4 Å². The number of carbonyl (C=O) groups is 5. The Morgan fingerprint density at radius 2 is 1.82 bits per heavy atom. The van der Waals surface area contributed by atoms with E-state index in [-0.39, 0.29) is 58.5 Å². The number of para-hydroxylation sites is 1. The fraction of sp³-hybridized carbons (Fsp3) is 0.500. The summed E-state index contributed by atoms with van der Waals surface area (Å²) in [5.41, 5.74) is -2.16. The van der Waals surface area contributed by atoms with E-state index in [1.807, 2.05) is 0 Å². The zero-order valence-electron chi connectivity index (χ0n) is 34.7. The molecule has 330 valence electrons. The van der Waals surface area contributed by atoms with Crippen molar-refractivity contribution in [1.29, 1.82) is 0 Å². The molecule has 0 bridgehead atoms. The second-order valence-corrected chi connectivity index (χ2v) is 18.1. The summed E-state index contributed by atoms with van der Waals surface area (Å²) in [7, 11) is -4.56. The van der Waals surface area contributed by atoms with E-state index in [1.165, 1.54) is 41.3 Å². The van der Waals surface area contributed by atoms with Gasteiger partial charge in [0.2, 0.25) is 21.8 Å². The van der Waals surface area contributed by atoms with Crippen LogP contribution in [0.5, 0.6) is 0 Å². The zero-order chi connectivity index (χ0) is 44.9.